The van der Waals surface area contributed by atoms with Crippen LogP contribution in [0, 0.1) is 13.8 Å². The molecule has 0 aliphatic heterocycles. The number of nitrogens with two attached hydrogens (primary N) is 1. The molecule has 152 valence electrons. The van der Waals surface area contributed by atoms with Crippen molar-refractivity contribution in [3.8, 4) is 11.1 Å². The van der Waals surface area contributed by atoms with E-state index in [1.807, 2.05) is 56.6 Å². The minimum atomic E-state index is 0.250. The molecular weight excluding hydrogens is 418 g/mol. The number of carbonyl (C=O) groups is 1. The van der Waals surface area contributed by atoms with Crippen LogP contribution < -0.4 is 10.5 Å². The van der Waals surface area contributed by atoms with Crippen molar-refractivity contribution in [3.63, 3.8) is 0 Å². The molecule has 8 heteroatoms. The first kappa shape index (κ1) is 21.5. The van der Waals surface area contributed by atoms with Gasteiger partial charge in [0.1, 0.15) is 0 Å². The van der Waals surface area contributed by atoms with Gasteiger partial charge >= 0.3 is 0 Å². The number of aryl methyl sites for hydroxylation is 1. The lowest BCUT2D eigenvalue weighted by molar-refractivity contribution is -0.106. The van der Waals surface area contributed by atoms with E-state index >= 15 is 0 Å². The van der Waals surface area contributed by atoms with Crippen molar-refractivity contribution in [2.75, 3.05) is 4.72 Å². The van der Waals surface area contributed by atoms with Gasteiger partial charge in [-0.2, -0.15) is 0 Å². The lowest BCUT2D eigenvalue weighted by Gasteiger charge is -2.15. The summed E-state index contributed by atoms with van der Waals surface area (Å²) in [6.45, 7) is 4.03. The Labute approximate surface area is 184 Å². The maximum atomic E-state index is 8.58. The van der Waals surface area contributed by atoms with E-state index in [-0.39, 0.29) is 6.41 Å². The number of anilines is 1. The number of primary amides is 1. The Bertz CT molecular complexity index is 1180. The van der Waals surface area contributed by atoms with Crippen LogP contribution in [0.25, 0.3) is 22.0 Å². The second-order valence-electron chi connectivity index (χ2n) is 6.32. The summed E-state index contributed by atoms with van der Waals surface area (Å²) in [7, 11) is 0. The maximum Gasteiger partial charge on any atom is 0.204 e. The molecule has 0 bridgehead atoms. The normalized spacial score (nSPS) is 10.2. The summed E-state index contributed by atoms with van der Waals surface area (Å²) in [5, 5.41) is 1.55. The molecule has 4 aromatic rings. The molecule has 0 saturated carbocycles. The van der Waals surface area contributed by atoms with Gasteiger partial charge in [-0.3, -0.25) is 14.8 Å². The molecule has 0 aliphatic rings. The molecule has 3 N–H and O–H groups in total. The van der Waals surface area contributed by atoms with E-state index in [1.165, 1.54) is 11.9 Å². The highest BCUT2D eigenvalue weighted by Crippen LogP contribution is 2.36. The number of pyridine rings is 3. The van der Waals surface area contributed by atoms with Crippen LogP contribution in [-0.4, -0.2) is 21.4 Å². The second-order valence-corrected chi connectivity index (χ2v) is 7.52. The first-order chi connectivity index (χ1) is 14.5. The van der Waals surface area contributed by atoms with Gasteiger partial charge in [-0.05, 0) is 67.3 Å². The zero-order chi connectivity index (χ0) is 21.5. The SMILES string of the molecule is Cc1cc(-c2cnc(Cl)c(NSc3cccc4ncccc34)c2C)ccn1.NC=O. The zero-order valence-corrected chi connectivity index (χ0v) is 18.0. The molecule has 0 fully saturated rings. The van der Waals surface area contributed by atoms with E-state index in [4.69, 9.17) is 16.4 Å². The molecule has 6 nitrogen and oxygen atoms in total. The number of nitrogens with one attached hydrogen (secondary N) is 1. The van der Waals surface area contributed by atoms with E-state index in [9.17, 15) is 0 Å². The van der Waals surface area contributed by atoms with Gasteiger partial charge in [-0.25, -0.2) is 4.98 Å². The molecule has 0 spiro atoms. The monoisotopic (exact) mass is 437 g/mol. The van der Waals surface area contributed by atoms with Crippen molar-refractivity contribution in [2.45, 2.75) is 18.7 Å². The number of halogens is 1. The van der Waals surface area contributed by atoms with Gasteiger partial charge in [0.05, 0.1) is 11.2 Å². The van der Waals surface area contributed by atoms with Gasteiger partial charge in [0, 0.05) is 40.1 Å². The number of fused-ring (bicyclic) bond motifs is 1. The third kappa shape index (κ3) is 4.87. The van der Waals surface area contributed by atoms with Crippen LogP contribution in [0.15, 0.2) is 66.0 Å². The Morgan fingerprint density at radius 3 is 2.63 bits per heavy atom. The third-order valence-corrected chi connectivity index (χ3v) is 5.54. The van der Waals surface area contributed by atoms with E-state index in [1.54, 1.807) is 6.20 Å². The standard InChI is InChI=1S/C21H17ClN4S.CH3NO/c1-13-11-15(8-10-23-13)17-12-25-21(22)20(14(17)2)26-27-19-7-3-6-18-16(19)5-4-9-24-18;2-1-3/h3-12,26H,1-2H3;1H,(H2,2,3). The zero-order valence-electron chi connectivity index (χ0n) is 16.5. The number of carbonyl (C=O) groups excluding carboxylic acids is 1. The highest BCUT2D eigenvalue weighted by atomic mass is 35.5. The molecule has 0 saturated heterocycles. The van der Waals surface area contributed by atoms with Gasteiger partial charge in [0.15, 0.2) is 5.15 Å². The van der Waals surface area contributed by atoms with Crippen LogP contribution in [0.5, 0.6) is 0 Å². The molecule has 3 heterocycles. The van der Waals surface area contributed by atoms with Crippen LogP contribution >= 0.6 is 23.5 Å². The summed E-state index contributed by atoms with van der Waals surface area (Å²) in [5.41, 5.74) is 10.1. The average Bonchev–Trinajstić information content (AvgIpc) is 2.74. The summed E-state index contributed by atoms with van der Waals surface area (Å²) in [6, 6.07) is 14.1. The van der Waals surface area contributed by atoms with Gasteiger partial charge in [0.2, 0.25) is 6.41 Å². The maximum absolute atomic E-state index is 8.58. The minimum Gasteiger partial charge on any atom is -0.372 e. The summed E-state index contributed by atoms with van der Waals surface area (Å²) in [4.78, 5) is 22.7. The van der Waals surface area contributed by atoms with E-state index in [0.717, 1.165) is 43.9 Å². The number of benzene rings is 1. The van der Waals surface area contributed by atoms with Crippen LogP contribution in [0.4, 0.5) is 5.69 Å². The number of aromatic nitrogens is 3. The molecular formula is C22H20ClN5OS. The van der Waals surface area contributed by atoms with Gasteiger partial charge < -0.3 is 10.5 Å². The number of hydrogen-bond donors (Lipinski definition) is 2. The fourth-order valence-electron chi connectivity index (χ4n) is 2.96. The van der Waals surface area contributed by atoms with Gasteiger partial charge in [-0.1, -0.05) is 23.7 Å². The van der Waals surface area contributed by atoms with E-state index in [0.29, 0.717) is 5.15 Å². The number of hydrogen-bond acceptors (Lipinski definition) is 6. The largest absolute Gasteiger partial charge is 0.372 e. The quantitative estimate of drug-likeness (QED) is 0.259. The highest BCUT2D eigenvalue weighted by molar-refractivity contribution is 8.00. The van der Waals surface area contributed by atoms with Crippen molar-refractivity contribution >= 4 is 46.5 Å². The highest BCUT2D eigenvalue weighted by Gasteiger charge is 2.13. The first-order valence-electron chi connectivity index (χ1n) is 9.05. The van der Waals surface area contributed by atoms with Crippen LogP contribution in [0.2, 0.25) is 5.15 Å². The topological polar surface area (TPSA) is 93.8 Å². The summed E-state index contributed by atoms with van der Waals surface area (Å²) in [6.07, 6.45) is 5.67. The van der Waals surface area contributed by atoms with E-state index < -0.39 is 0 Å². The predicted octanol–water partition coefficient (Wildman–Crippen LogP) is 5.18. The Balaban J connectivity index is 0.000000806. The predicted molar refractivity (Wildman–Crippen MR) is 123 cm³/mol. The van der Waals surface area contributed by atoms with Crippen molar-refractivity contribution < 1.29 is 4.79 Å². The molecule has 1 amide bonds. The van der Waals surface area contributed by atoms with Crippen molar-refractivity contribution in [2.24, 2.45) is 5.73 Å². The van der Waals surface area contributed by atoms with Crippen LogP contribution in [0.1, 0.15) is 11.3 Å². The fraction of sp³-hybridized carbons (Fsp3) is 0.0909. The smallest absolute Gasteiger partial charge is 0.204 e. The number of nitrogens with zero attached hydrogens (tertiary/aromatic N) is 3. The average molecular weight is 438 g/mol. The minimum absolute atomic E-state index is 0.250. The summed E-state index contributed by atoms with van der Waals surface area (Å²) in [5.74, 6) is 0. The van der Waals surface area contributed by atoms with Crippen molar-refractivity contribution in [1.82, 2.24) is 15.0 Å². The summed E-state index contributed by atoms with van der Waals surface area (Å²) >= 11 is 7.90. The van der Waals surface area contributed by atoms with Crippen molar-refractivity contribution in [1.29, 1.82) is 0 Å². The molecule has 0 radical (unpaired) electrons. The molecule has 3 aromatic heterocycles. The number of amides is 1. The molecule has 0 aliphatic carbocycles. The molecule has 1 aromatic carbocycles. The Kier molecular flexibility index (Phi) is 7.21. The molecule has 0 atom stereocenters. The fourth-order valence-corrected chi connectivity index (χ4v) is 4.15. The first-order valence-corrected chi connectivity index (χ1v) is 10.2. The van der Waals surface area contributed by atoms with Crippen LogP contribution in [-0.2, 0) is 4.79 Å². The van der Waals surface area contributed by atoms with Gasteiger partial charge in [-0.15, -0.1) is 0 Å². The molecule has 4 rings (SSSR count). The molecule has 30 heavy (non-hydrogen) atoms. The Hall–Kier alpha value is -3.16. The number of rotatable bonds is 4. The van der Waals surface area contributed by atoms with Crippen molar-refractivity contribution in [3.05, 3.63) is 77.5 Å². The second kappa shape index (κ2) is 10.0. The lowest BCUT2D eigenvalue weighted by atomic mass is 10.0. The lowest BCUT2D eigenvalue weighted by Crippen LogP contribution is -1.97. The Morgan fingerprint density at radius 1 is 1.07 bits per heavy atom. The Morgan fingerprint density at radius 2 is 1.87 bits per heavy atom. The molecule has 0 unspecified atom stereocenters. The van der Waals surface area contributed by atoms with Gasteiger partial charge in [0.25, 0.3) is 0 Å². The van der Waals surface area contributed by atoms with Crippen LogP contribution in [0.3, 0.4) is 0 Å². The third-order valence-electron chi connectivity index (χ3n) is 4.37. The summed E-state index contributed by atoms with van der Waals surface area (Å²) < 4.78 is 3.39. The van der Waals surface area contributed by atoms with E-state index in [2.05, 4.69) is 37.5 Å².